The summed E-state index contributed by atoms with van der Waals surface area (Å²) in [5.74, 6) is -0.591. The predicted octanol–water partition coefficient (Wildman–Crippen LogP) is -6.44. The largest absolute Gasteiger partial charge is 0.394 e. The van der Waals surface area contributed by atoms with E-state index in [9.17, 15) is 45.6 Å². The van der Waals surface area contributed by atoms with E-state index in [2.05, 4.69) is 5.32 Å². The van der Waals surface area contributed by atoms with E-state index >= 15 is 0 Å². The van der Waals surface area contributed by atoms with Crippen molar-refractivity contribution in [3.05, 3.63) is 0 Å². The van der Waals surface area contributed by atoms with Crippen LogP contribution in [-0.2, 0) is 28.5 Å². The van der Waals surface area contributed by atoms with Gasteiger partial charge in [-0.3, -0.25) is 4.79 Å². The van der Waals surface area contributed by atoms with Crippen molar-refractivity contribution in [1.29, 1.82) is 0 Å². The standard InChI is InChI=1S/C20H36N2O14/c1-5-9(21)13(27)17(20(33-5)32-4-8-12(26)15(29)16(30)18(31)34-8)36-19-10(22-6(2)24)14(28)11(25)7(3-23)35-19/h5,7-20,23,25-31H,3-4,21H2,1-2H3,(H,22,24)/t5-,7-,8-,9-,10-,11-,12-,13+,14-,15+,16-,17+,18-,19+,20+/m1/s1. The molecule has 3 fully saturated rings. The maximum atomic E-state index is 11.7. The molecule has 16 nitrogen and oxygen atoms in total. The first-order chi connectivity index (χ1) is 16.9. The number of carbonyl (C=O) groups excluding carboxylic acids is 1. The van der Waals surface area contributed by atoms with Gasteiger partial charge in [0, 0.05) is 6.92 Å². The number of aliphatic hydroxyl groups excluding tert-OH is 8. The number of rotatable bonds is 7. The molecule has 0 aliphatic carbocycles. The minimum atomic E-state index is -1.80. The Hall–Kier alpha value is -1.09. The quantitative estimate of drug-likeness (QED) is 0.147. The maximum absolute atomic E-state index is 11.7. The molecule has 16 heteroatoms. The van der Waals surface area contributed by atoms with E-state index in [4.69, 9.17) is 29.4 Å². The van der Waals surface area contributed by atoms with Crippen LogP contribution < -0.4 is 11.1 Å². The van der Waals surface area contributed by atoms with Gasteiger partial charge in [0.25, 0.3) is 0 Å². The third-order valence-corrected chi connectivity index (χ3v) is 6.54. The van der Waals surface area contributed by atoms with E-state index in [0.29, 0.717) is 0 Å². The highest BCUT2D eigenvalue weighted by atomic mass is 16.8. The van der Waals surface area contributed by atoms with Crippen LogP contribution in [0, 0.1) is 0 Å². The second-order valence-electron chi connectivity index (χ2n) is 9.18. The van der Waals surface area contributed by atoms with Crippen LogP contribution in [0.25, 0.3) is 0 Å². The van der Waals surface area contributed by atoms with E-state index in [0.717, 1.165) is 6.92 Å². The molecule has 210 valence electrons. The molecule has 0 aromatic rings. The van der Waals surface area contributed by atoms with Gasteiger partial charge in [-0.25, -0.2) is 0 Å². The highest BCUT2D eigenvalue weighted by molar-refractivity contribution is 5.73. The van der Waals surface area contributed by atoms with Crippen molar-refractivity contribution in [2.45, 2.75) is 106 Å². The van der Waals surface area contributed by atoms with Crippen molar-refractivity contribution in [3.8, 4) is 0 Å². The van der Waals surface area contributed by atoms with E-state index in [1.54, 1.807) is 6.92 Å². The van der Waals surface area contributed by atoms with Crippen molar-refractivity contribution in [2.75, 3.05) is 13.2 Å². The van der Waals surface area contributed by atoms with Crippen molar-refractivity contribution in [3.63, 3.8) is 0 Å². The Bertz CT molecular complexity index is 735. The molecule has 0 spiro atoms. The Morgan fingerprint density at radius 2 is 1.50 bits per heavy atom. The van der Waals surface area contributed by atoms with Gasteiger partial charge in [0.15, 0.2) is 18.9 Å². The Kier molecular flexibility index (Phi) is 9.97. The van der Waals surface area contributed by atoms with Gasteiger partial charge in [0.1, 0.15) is 61.0 Å². The van der Waals surface area contributed by atoms with Crippen molar-refractivity contribution in [2.24, 2.45) is 5.73 Å². The zero-order valence-corrected chi connectivity index (χ0v) is 19.7. The van der Waals surface area contributed by atoms with E-state index in [1.165, 1.54) is 0 Å². The van der Waals surface area contributed by atoms with Crippen LogP contribution in [0.3, 0.4) is 0 Å². The summed E-state index contributed by atoms with van der Waals surface area (Å²) in [6, 6.07) is -2.30. The Labute approximate surface area is 206 Å². The van der Waals surface area contributed by atoms with Crippen LogP contribution in [0.2, 0.25) is 0 Å². The first-order valence-electron chi connectivity index (χ1n) is 11.5. The molecule has 11 N–H and O–H groups in total. The fourth-order valence-electron chi connectivity index (χ4n) is 4.32. The summed E-state index contributed by atoms with van der Waals surface area (Å²) in [7, 11) is 0. The SMILES string of the molecule is CC(=O)N[C@H]1[C@H](O[C@@H]2[C@@H](OC[C@H]3O[C@@H](O)[C@H](O)[C@@H](O)[C@@H]3O)O[C@H](C)[C@@H](N)[C@@H]2O)O[C@H](CO)[C@@H](O)[C@@H]1O. The summed E-state index contributed by atoms with van der Waals surface area (Å²) >= 11 is 0. The molecule has 3 aliphatic heterocycles. The van der Waals surface area contributed by atoms with Gasteiger partial charge < -0.3 is 75.6 Å². The van der Waals surface area contributed by atoms with Gasteiger partial charge in [0.2, 0.25) is 5.91 Å². The highest BCUT2D eigenvalue weighted by Gasteiger charge is 2.51. The number of nitrogens with two attached hydrogens (primary N) is 1. The van der Waals surface area contributed by atoms with E-state index < -0.39 is 111 Å². The average Bonchev–Trinajstić information content (AvgIpc) is 2.83. The maximum Gasteiger partial charge on any atom is 0.217 e. The van der Waals surface area contributed by atoms with Crippen molar-refractivity contribution in [1.82, 2.24) is 5.32 Å². The number of hydrogen-bond acceptors (Lipinski definition) is 15. The molecular formula is C20H36N2O14. The highest BCUT2D eigenvalue weighted by Crippen LogP contribution is 2.30. The lowest BCUT2D eigenvalue weighted by atomic mass is 9.95. The molecule has 0 aromatic heterocycles. The molecular weight excluding hydrogens is 492 g/mol. The van der Waals surface area contributed by atoms with Gasteiger partial charge in [0.05, 0.1) is 25.4 Å². The first-order valence-corrected chi connectivity index (χ1v) is 11.5. The van der Waals surface area contributed by atoms with Crippen LogP contribution in [0.15, 0.2) is 0 Å². The second-order valence-corrected chi connectivity index (χ2v) is 9.18. The van der Waals surface area contributed by atoms with E-state index in [1.807, 2.05) is 0 Å². The molecule has 0 saturated carbocycles. The zero-order valence-electron chi connectivity index (χ0n) is 19.7. The third-order valence-electron chi connectivity index (χ3n) is 6.54. The summed E-state index contributed by atoms with van der Waals surface area (Å²) in [4.78, 5) is 11.7. The molecule has 0 aromatic carbocycles. The molecule has 3 aliphatic rings. The molecule has 0 radical (unpaired) electrons. The Balaban J connectivity index is 1.78. The summed E-state index contributed by atoms with van der Waals surface area (Å²) in [5.41, 5.74) is 6.00. The summed E-state index contributed by atoms with van der Waals surface area (Å²) in [5, 5.41) is 82.8. The monoisotopic (exact) mass is 528 g/mol. The number of nitrogens with one attached hydrogen (secondary N) is 1. The molecule has 36 heavy (non-hydrogen) atoms. The second kappa shape index (κ2) is 12.2. The average molecular weight is 529 g/mol. The third kappa shape index (κ3) is 6.13. The van der Waals surface area contributed by atoms with Crippen LogP contribution >= 0.6 is 0 Å². The fourth-order valence-corrected chi connectivity index (χ4v) is 4.32. The van der Waals surface area contributed by atoms with Gasteiger partial charge in [-0.05, 0) is 6.92 Å². The van der Waals surface area contributed by atoms with Crippen LogP contribution in [0.1, 0.15) is 13.8 Å². The molecule has 3 rings (SSSR count). The van der Waals surface area contributed by atoms with E-state index in [-0.39, 0.29) is 0 Å². The lowest BCUT2D eigenvalue weighted by Crippen LogP contribution is -2.68. The molecule has 3 saturated heterocycles. The number of ether oxygens (including phenoxy) is 5. The van der Waals surface area contributed by atoms with Gasteiger partial charge in [-0.1, -0.05) is 0 Å². The summed E-state index contributed by atoms with van der Waals surface area (Å²) in [6.07, 6.45) is -19.2. The fraction of sp³-hybridized carbons (Fsp3) is 0.950. The molecule has 15 atom stereocenters. The molecule has 1 amide bonds. The number of amides is 1. The Morgan fingerprint density at radius 3 is 2.11 bits per heavy atom. The lowest BCUT2D eigenvalue weighted by Gasteiger charge is -2.47. The van der Waals surface area contributed by atoms with Gasteiger partial charge in [-0.2, -0.15) is 0 Å². The summed E-state index contributed by atoms with van der Waals surface area (Å²) in [6.45, 7) is 1.52. The van der Waals surface area contributed by atoms with Crippen molar-refractivity contribution < 1.29 is 69.3 Å². The Morgan fingerprint density at radius 1 is 0.861 bits per heavy atom. The molecule has 0 bridgehead atoms. The predicted molar refractivity (Wildman–Crippen MR) is 113 cm³/mol. The van der Waals surface area contributed by atoms with Crippen LogP contribution in [0.5, 0.6) is 0 Å². The van der Waals surface area contributed by atoms with Gasteiger partial charge in [-0.15, -0.1) is 0 Å². The minimum Gasteiger partial charge on any atom is -0.394 e. The number of aliphatic hydroxyl groups is 8. The van der Waals surface area contributed by atoms with Gasteiger partial charge >= 0.3 is 0 Å². The smallest absolute Gasteiger partial charge is 0.217 e. The number of hydrogen-bond donors (Lipinski definition) is 10. The number of carbonyl (C=O) groups is 1. The minimum absolute atomic E-state index is 0.498. The normalized spacial score (nSPS) is 50.0. The molecule has 0 unspecified atom stereocenters. The van der Waals surface area contributed by atoms with Crippen LogP contribution in [-0.4, -0.2) is 152 Å². The first kappa shape index (κ1) is 29.5. The van der Waals surface area contributed by atoms with Crippen molar-refractivity contribution >= 4 is 5.91 Å². The molecule has 3 heterocycles. The lowest BCUT2D eigenvalue weighted by molar-refractivity contribution is -0.349. The van der Waals surface area contributed by atoms with Crippen LogP contribution in [0.4, 0.5) is 0 Å². The zero-order chi connectivity index (χ0) is 26.9. The summed E-state index contributed by atoms with van der Waals surface area (Å²) < 4.78 is 27.7. The topological polar surface area (TPSA) is 263 Å².